The second-order valence-electron chi connectivity index (χ2n) is 7.04. The van der Waals surface area contributed by atoms with E-state index in [1.165, 1.54) is 16.0 Å². The summed E-state index contributed by atoms with van der Waals surface area (Å²) < 4.78 is 41.5. The Morgan fingerprint density at radius 3 is 2.48 bits per heavy atom. The van der Waals surface area contributed by atoms with Crippen molar-refractivity contribution in [2.75, 3.05) is 18.0 Å². The topological polar surface area (TPSA) is 71.2 Å². The number of rotatable bonds is 5. The summed E-state index contributed by atoms with van der Waals surface area (Å²) in [4.78, 5) is 18.2. The van der Waals surface area contributed by atoms with Gasteiger partial charge in [0.25, 0.3) is 0 Å². The molecule has 12 heteroatoms. The zero-order valence-electron chi connectivity index (χ0n) is 16.0. The van der Waals surface area contributed by atoms with Gasteiger partial charge in [0.15, 0.2) is 11.5 Å². The van der Waals surface area contributed by atoms with Crippen LogP contribution in [0.4, 0.5) is 19.0 Å². The van der Waals surface area contributed by atoms with Crippen LogP contribution in [0.15, 0.2) is 8.68 Å². The minimum atomic E-state index is -4.18. The van der Waals surface area contributed by atoms with Crippen LogP contribution in [0.25, 0.3) is 5.13 Å². The van der Waals surface area contributed by atoms with Crippen LogP contribution in [0.3, 0.4) is 0 Å². The molecule has 2 aromatic rings. The molecule has 0 atom stereocenters. The number of hydrogen-bond acceptors (Lipinski definition) is 6. The number of aryl methyl sites for hydroxylation is 1. The molecule has 3 rings (SSSR count). The number of carbonyl (C=O) groups is 1. The van der Waals surface area contributed by atoms with Crippen LogP contribution in [-0.4, -0.2) is 50.4 Å². The van der Waals surface area contributed by atoms with E-state index in [1.807, 2.05) is 18.7 Å². The second kappa shape index (κ2) is 8.46. The number of aromatic carboxylic acids is 1. The molecular weight excluding hydrogens is 493 g/mol. The van der Waals surface area contributed by atoms with Gasteiger partial charge in [-0.15, -0.1) is 11.8 Å². The number of aromatic nitrogens is 3. The number of anilines is 1. The van der Waals surface area contributed by atoms with E-state index in [-0.39, 0.29) is 36.9 Å². The molecule has 2 aromatic heterocycles. The Labute approximate surface area is 182 Å². The number of thioether (sulfide) groups is 1. The quantitative estimate of drug-likeness (QED) is 0.542. The van der Waals surface area contributed by atoms with Crippen LogP contribution in [0.5, 0.6) is 0 Å². The fourth-order valence-corrected chi connectivity index (χ4v) is 6.02. The van der Waals surface area contributed by atoms with Crippen molar-refractivity contribution in [2.24, 2.45) is 5.92 Å². The van der Waals surface area contributed by atoms with Gasteiger partial charge in [-0.3, -0.25) is 0 Å². The van der Waals surface area contributed by atoms with E-state index in [0.29, 0.717) is 21.1 Å². The first kappa shape index (κ1) is 22.4. The lowest BCUT2D eigenvalue weighted by Gasteiger charge is -2.33. The average Bonchev–Trinajstić information content (AvgIpc) is 3.15. The van der Waals surface area contributed by atoms with Gasteiger partial charge in [-0.1, -0.05) is 25.2 Å². The average molecular weight is 513 g/mol. The van der Waals surface area contributed by atoms with Gasteiger partial charge in [0.2, 0.25) is 5.13 Å². The van der Waals surface area contributed by atoms with Crippen molar-refractivity contribution >= 4 is 50.8 Å². The van der Waals surface area contributed by atoms with E-state index in [4.69, 9.17) is 0 Å². The van der Waals surface area contributed by atoms with Gasteiger partial charge in [0, 0.05) is 18.3 Å². The smallest absolute Gasteiger partial charge is 0.391 e. The molecule has 1 saturated heterocycles. The van der Waals surface area contributed by atoms with E-state index in [0.717, 1.165) is 4.21 Å². The third-order valence-electron chi connectivity index (χ3n) is 4.54. The van der Waals surface area contributed by atoms with Crippen molar-refractivity contribution in [3.8, 4) is 5.13 Å². The molecule has 29 heavy (non-hydrogen) atoms. The summed E-state index contributed by atoms with van der Waals surface area (Å²) in [5, 5.41) is 14.5. The SMILES string of the molecule is Cc1nn(-c2nc(N3CCC(C(F)(F)F)CC3)c(SC(C)C)s2)c(C(=O)O)c1Br. The summed E-state index contributed by atoms with van der Waals surface area (Å²) in [5.41, 5.74) is 0.489. The van der Waals surface area contributed by atoms with E-state index in [2.05, 4.69) is 26.0 Å². The van der Waals surface area contributed by atoms with E-state index in [9.17, 15) is 23.1 Å². The van der Waals surface area contributed by atoms with Gasteiger partial charge >= 0.3 is 12.1 Å². The monoisotopic (exact) mass is 512 g/mol. The van der Waals surface area contributed by atoms with Gasteiger partial charge in [-0.2, -0.15) is 27.9 Å². The molecule has 0 aliphatic carbocycles. The first-order valence-corrected chi connectivity index (χ1v) is 11.5. The predicted octanol–water partition coefficient (Wildman–Crippen LogP) is 5.38. The zero-order valence-corrected chi connectivity index (χ0v) is 19.2. The summed E-state index contributed by atoms with van der Waals surface area (Å²) in [7, 11) is 0. The third kappa shape index (κ3) is 4.74. The summed E-state index contributed by atoms with van der Waals surface area (Å²) in [6, 6.07) is 0. The van der Waals surface area contributed by atoms with E-state index < -0.39 is 18.1 Å². The van der Waals surface area contributed by atoms with Crippen molar-refractivity contribution in [2.45, 2.75) is 49.2 Å². The number of nitrogens with zero attached hydrogens (tertiary/aromatic N) is 4. The van der Waals surface area contributed by atoms with Crippen molar-refractivity contribution < 1.29 is 23.1 Å². The van der Waals surface area contributed by atoms with Gasteiger partial charge < -0.3 is 10.0 Å². The van der Waals surface area contributed by atoms with Crippen LogP contribution in [0.1, 0.15) is 42.9 Å². The van der Waals surface area contributed by atoms with Gasteiger partial charge in [0.1, 0.15) is 4.21 Å². The van der Waals surface area contributed by atoms with Crippen LogP contribution in [0.2, 0.25) is 0 Å². The number of thiazole rings is 1. The lowest BCUT2D eigenvalue weighted by molar-refractivity contribution is -0.179. The zero-order chi connectivity index (χ0) is 21.5. The molecule has 1 fully saturated rings. The molecule has 1 aliphatic rings. The first-order chi connectivity index (χ1) is 13.5. The first-order valence-electron chi connectivity index (χ1n) is 8.97. The molecule has 0 unspecified atom stereocenters. The predicted molar refractivity (Wildman–Crippen MR) is 111 cm³/mol. The normalized spacial score (nSPS) is 16.1. The molecule has 1 aliphatic heterocycles. The molecular formula is C17H20BrF3N4O2S2. The number of carboxylic acid groups (broad SMARTS) is 1. The molecule has 160 valence electrons. The maximum absolute atomic E-state index is 13.0. The molecule has 1 N–H and O–H groups in total. The summed E-state index contributed by atoms with van der Waals surface area (Å²) >= 11 is 6.11. The lowest BCUT2D eigenvalue weighted by Crippen LogP contribution is -2.39. The number of piperidine rings is 1. The summed E-state index contributed by atoms with van der Waals surface area (Å²) in [6.45, 7) is 6.23. The highest BCUT2D eigenvalue weighted by atomic mass is 79.9. The largest absolute Gasteiger partial charge is 0.476 e. The highest BCUT2D eigenvalue weighted by Crippen LogP contribution is 2.42. The van der Waals surface area contributed by atoms with E-state index in [1.54, 1.807) is 18.7 Å². The van der Waals surface area contributed by atoms with Crippen molar-refractivity contribution in [1.82, 2.24) is 14.8 Å². The van der Waals surface area contributed by atoms with Crippen molar-refractivity contribution in [3.63, 3.8) is 0 Å². The molecule has 0 aromatic carbocycles. The fourth-order valence-electron chi connectivity index (χ4n) is 3.12. The van der Waals surface area contributed by atoms with Crippen LogP contribution in [-0.2, 0) is 0 Å². The summed E-state index contributed by atoms with van der Waals surface area (Å²) in [6.07, 6.45) is -4.13. The minimum absolute atomic E-state index is 0.0228. The van der Waals surface area contributed by atoms with Crippen molar-refractivity contribution in [1.29, 1.82) is 0 Å². The van der Waals surface area contributed by atoms with Crippen molar-refractivity contribution in [3.05, 3.63) is 15.9 Å². The maximum atomic E-state index is 13.0. The molecule has 6 nitrogen and oxygen atoms in total. The highest BCUT2D eigenvalue weighted by Gasteiger charge is 2.41. The molecule has 0 amide bonds. The second-order valence-corrected chi connectivity index (χ2v) is 10.7. The summed E-state index contributed by atoms with van der Waals surface area (Å²) in [5.74, 6) is -1.83. The fraction of sp³-hybridized carbons (Fsp3) is 0.588. The molecule has 0 radical (unpaired) electrons. The Morgan fingerprint density at radius 1 is 1.34 bits per heavy atom. The number of carboxylic acids is 1. The van der Waals surface area contributed by atoms with Gasteiger partial charge in [-0.05, 0) is 35.7 Å². The van der Waals surface area contributed by atoms with Crippen LogP contribution >= 0.6 is 39.0 Å². The Hall–Kier alpha value is -1.27. The van der Waals surface area contributed by atoms with E-state index >= 15 is 0 Å². The molecule has 0 spiro atoms. The number of halogens is 4. The van der Waals surface area contributed by atoms with Crippen LogP contribution < -0.4 is 4.90 Å². The standard InChI is InChI=1S/C17H20BrF3N4O2S2/c1-8(2)28-15-13(24-6-4-10(5-7-24)17(19,20)21)22-16(29-15)25-12(14(26)27)11(18)9(3)23-25/h8,10H,4-7H2,1-3H3,(H,26,27). The highest BCUT2D eigenvalue weighted by molar-refractivity contribution is 9.10. The van der Waals surface area contributed by atoms with Gasteiger partial charge in [0.05, 0.1) is 16.1 Å². The molecule has 0 bridgehead atoms. The Bertz CT molecular complexity index is 905. The number of alkyl halides is 3. The third-order valence-corrected chi connectivity index (χ3v) is 7.71. The van der Waals surface area contributed by atoms with Gasteiger partial charge in [-0.25, -0.2) is 4.79 Å². The molecule has 3 heterocycles. The Morgan fingerprint density at radius 2 is 1.97 bits per heavy atom. The Kier molecular flexibility index (Phi) is 6.54. The van der Waals surface area contributed by atoms with Crippen LogP contribution in [0, 0.1) is 12.8 Å². The molecule has 0 saturated carbocycles. The minimum Gasteiger partial charge on any atom is -0.476 e. The Balaban J connectivity index is 1.97. The lowest BCUT2D eigenvalue weighted by atomic mass is 9.96. The number of hydrogen-bond donors (Lipinski definition) is 1. The maximum Gasteiger partial charge on any atom is 0.391 e.